The Balaban J connectivity index is 0.904. The number of alkyl halides is 3. The van der Waals surface area contributed by atoms with Crippen LogP contribution in [0, 0.1) is 5.92 Å². The molecule has 0 saturated carbocycles. The molecule has 3 fully saturated rings. The van der Waals surface area contributed by atoms with Crippen LogP contribution in [0.2, 0.25) is 5.02 Å². The average molecular weight is 933 g/mol. The number of anilines is 3. The lowest BCUT2D eigenvalue weighted by atomic mass is 9.93. The molecule has 5 aliphatic heterocycles. The predicted molar refractivity (Wildman–Crippen MR) is 232 cm³/mol. The standard InChI is InChI=1S/C44H44ClF3N10O8/c1-2-30-36(42(65)58-43(51-37(52-58)24-12-20-66-21-13-24)56(30)23-34(60)49-29-7-6-26(22-28(29)45)44(46,47)48)54-16-18-55(19-17-54)39(62)25-10-14-53(15-11-25)31-5-3-4-27-35(31)41(64)57(40(27)63)32-8-9-33(59)50-38(32)61/h3-7,12,22,25,32H,2,8-11,13-21,23H2,1H3,(H,49,60)(H,50,59,61). The molecule has 346 valence electrons. The van der Waals surface area contributed by atoms with Crippen molar-refractivity contribution in [2.24, 2.45) is 5.92 Å². The van der Waals surface area contributed by atoms with Crippen molar-refractivity contribution in [3.63, 3.8) is 0 Å². The molecule has 2 aromatic carbocycles. The first-order valence-electron chi connectivity index (χ1n) is 21.7. The summed E-state index contributed by atoms with van der Waals surface area (Å²) in [5, 5.41) is 9.09. The largest absolute Gasteiger partial charge is 0.416 e. The van der Waals surface area contributed by atoms with E-state index in [0.717, 1.165) is 33.2 Å². The molecule has 0 aliphatic carbocycles. The zero-order valence-electron chi connectivity index (χ0n) is 35.7. The minimum absolute atomic E-state index is 0.0114. The molecule has 3 saturated heterocycles. The first-order chi connectivity index (χ1) is 31.6. The number of carbonyl (C=O) groups excluding carboxylic acids is 6. The van der Waals surface area contributed by atoms with Crippen molar-refractivity contribution in [2.45, 2.75) is 64.2 Å². The van der Waals surface area contributed by atoms with Crippen molar-refractivity contribution in [2.75, 3.05) is 67.6 Å². The van der Waals surface area contributed by atoms with Crippen LogP contribution < -0.4 is 26.0 Å². The zero-order valence-corrected chi connectivity index (χ0v) is 36.4. The first-order valence-corrected chi connectivity index (χ1v) is 22.1. The molecule has 1 atom stereocenters. The monoisotopic (exact) mass is 932 g/mol. The Bertz CT molecular complexity index is 2790. The Morgan fingerprint density at radius 1 is 0.939 bits per heavy atom. The van der Waals surface area contributed by atoms with Gasteiger partial charge in [-0.1, -0.05) is 30.7 Å². The van der Waals surface area contributed by atoms with E-state index in [9.17, 15) is 46.7 Å². The molecule has 22 heteroatoms. The molecular formula is C44H44ClF3N10O8. The Morgan fingerprint density at radius 3 is 2.36 bits per heavy atom. The highest BCUT2D eigenvalue weighted by Crippen LogP contribution is 2.37. The highest BCUT2D eigenvalue weighted by Gasteiger charge is 2.46. The van der Waals surface area contributed by atoms with E-state index in [1.807, 2.05) is 22.8 Å². The van der Waals surface area contributed by atoms with E-state index >= 15 is 0 Å². The molecule has 0 bridgehead atoms. The lowest BCUT2D eigenvalue weighted by Gasteiger charge is -2.40. The molecule has 7 heterocycles. The van der Waals surface area contributed by atoms with E-state index in [0.29, 0.717) is 75.9 Å². The van der Waals surface area contributed by atoms with Gasteiger partial charge in [0.2, 0.25) is 29.4 Å². The van der Waals surface area contributed by atoms with Crippen molar-refractivity contribution in [1.29, 1.82) is 0 Å². The van der Waals surface area contributed by atoms with Crippen molar-refractivity contribution >= 4 is 75.5 Å². The number of hydrogen-bond acceptors (Lipinski definition) is 12. The van der Waals surface area contributed by atoms with Gasteiger partial charge in [-0.25, -0.2) is 0 Å². The van der Waals surface area contributed by atoms with E-state index in [2.05, 4.69) is 15.7 Å². The number of carbonyl (C=O) groups is 6. The van der Waals surface area contributed by atoms with Gasteiger partial charge in [0.25, 0.3) is 17.4 Å². The van der Waals surface area contributed by atoms with E-state index < -0.39 is 52.9 Å². The van der Waals surface area contributed by atoms with Crippen LogP contribution in [0.15, 0.2) is 47.3 Å². The molecular weight excluding hydrogens is 889 g/mol. The molecule has 2 aromatic heterocycles. The van der Waals surface area contributed by atoms with Gasteiger partial charge in [0.05, 0.1) is 52.0 Å². The van der Waals surface area contributed by atoms with Gasteiger partial charge in [-0.15, -0.1) is 5.10 Å². The number of rotatable bonds is 9. The maximum Gasteiger partial charge on any atom is 0.416 e. The van der Waals surface area contributed by atoms with Crippen molar-refractivity contribution < 1.29 is 46.7 Å². The highest BCUT2D eigenvalue weighted by atomic mass is 35.5. The number of nitrogens with zero attached hydrogens (tertiary/aromatic N) is 8. The van der Waals surface area contributed by atoms with Gasteiger partial charge in [-0.3, -0.25) is 43.8 Å². The summed E-state index contributed by atoms with van der Waals surface area (Å²) in [5.74, 6) is -2.95. The summed E-state index contributed by atoms with van der Waals surface area (Å²) in [6.07, 6.45) is -1.02. The Labute approximate surface area is 379 Å². The number of ether oxygens (including phenoxy) is 1. The third kappa shape index (κ3) is 8.18. The molecule has 9 rings (SSSR count). The Hall–Kier alpha value is -6.61. The lowest BCUT2D eigenvalue weighted by molar-refractivity contribution is -0.138. The number of fused-ring (bicyclic) bond motifs is 2. The second-order valence-electron chi connectivity index (χ2n) is 16.7. The van der Waals surface area contributed by atoms with Crippen LogP contribution in [0.25, 0.3) is 11.4 Å². The Morgan fingerprint density at radius 2 is 1.70 bits per heavy atom. The van der Waals surface area contributed by atoms with Crippen LogP contribution in [0.3, 0.4) is 0 Å². The summed E-state index contributed by atoms with van der Waals surface area (Å²) >= 11 is 6.17. The van der Waals surface area contributed by atoms with Gasteiger partial charge in [0.15, 0.2) is 5.82 Å². The maximum absolute atomic E-state index is 14.4. The van der Waals surface area contributed by atoms with E-state index in [1.165, 1.54) is 0 Å². The fraction of sp³-hybridized carbons (Fsp3) is 0.432. The number of hydrogen-bond donors (Lipinski definition) is 2. The molecule has 0 spiro atoms. The van der Waals surface area contributed by atoms with E-state index in [1.54, 1.807) is 27.7 Å². The summed E-state index contributed by atoms with van der Waals surface area (Å²) in [6.45, 7) is 4.21. The number of benzene rings is 2. The number of amides is 6. The summed E-state index contributed by atoms with van der Waals surface area (Å²) < 4.78 is 48.1. The number of aromatic nitrogens is 4. The number of nitrogens with one attached hydrogen (secondary N) is 2. The van der Waals surface area contributed by atoms with Crippen molar-refractivity contribution in [1.82, 2.24) is 34.3 Å². The maximum atomic E-state index is 14.4. The topological polar surface area (TPSA) is 201 Å². The molecule has 4 aromatic rings. The van der Waals surface area contributed by atoms with Crippen LogP contribution in [0.1, 0.15) is 76.8 Å². The van der Waals surface area contributed by atoms with Crippen LogP contribution in [-0.4, -0.2) is 123 Å². The van der Waals surface area contributed by atoms with E-state index in [-0.39, 0.29) is 84.0 Å². The quantitative estimate of drug-likeness (QED) is 0.232. The van der Waals surface area contributed by atoms with Gasteiger partial charge in [-0.05, 0) is 68.0 Å². The number of imide groups is 2. The third-order valence-corrected chi connectivity index (χ3v) is 13.1. The fourth-order valence-electron chi connectivity index (χ4n) is 9.46. The molecule has 6 amide bonds. The second-order valence-corrected chi connectivity index (χ2v) is 17.1. The minimum atomic E-state index is -4.63. The molecule has 18 nitrogen and oxygen atoms in total. The van der Waals surface area contributed by atoms with Gasteiger partial charge >= 0.3 is 6.18 Å². The minimum Gasteiger partial charge on any atom is -0.377 e. The molecule has 2 N–H and O–H groups in total. The van der Waals surface area contributed by atoms with Gasteiger partial charge in [-0.2, -0.15) is 22.7 Å². The molecule has 0 radical (unpaired) electrons. The van der Waals surface area contributed by atoms with Crippen molar-refractivity contribution in [3.05, 3.63) is 86.1 Å². The number of piperazine rings is 1. The van der Waals surface area contributed by atoms with Gasteiger partial charge in [0, 0.05) is 51.6 Å². The molecule has 66 heavy (non-hydrogen) atoms. The van der Waals surface area contributed by atoms with Crippen LogP contribution in [0.5, 0.6) is 0 Å². The Kier molecular flexibility index (Phi) is 11.9. The van der Waals surface area contributed by atoms with Crippen LogP contribution in [0.4, 0.5) is 30.2 Å². The first kappa shape index (κ1) is 44.6. The fourth-order valence-corrected chi connectivity index (χ4v) is 9.69. The smallest absolute Gasteiger partial charge is 0.377 e. The third-order valence-electron chi connectivity index (χ3n) is 12.8. The average Bonchev–Trinajstić information content (AvgIpc) is 3.87. The number of piperidine rings is 2. The SMILES string of the molecule is CCc1c(N2CCN(C(=O)C3CCN(c4cccc5c4C(=O)N(C4CCC(=O)NC4=O)C5=O)CC3)CC2)c(=O)n2nc(C3=CCOCC3)nc2n1CC(=O)Nc1ccc(C(F)(F)F)cc1Cl. The molecule has 5 aliphatic rings. The summed E-state index contributed by atoms with van der Waals surface area (Å²) in [6, 6.07) is 6.51. The summed E-state index contributed by atoms with van der Waals surface area (Å²) in [4.78, 5) is 105. The van der Waals surface area contributed by atoms with Crippen LogP contribution >= 0.6 is 11.6 Å². The van der Waals surface area contributed by atoms with Crippen molar-refractivity contribution in [3.8, 4) is 0 Å². The normalized spacial score (nSPS) is 19.7. The predicted octanol–water partition coefficient (Wildman–Crippen LogP) is 3.53. The van der Waals surface area contributed by atoms with E-state index in [4.69, 9.17) is 21.3 Å². The highest BCUT2D eigenvalue weighted by molar-refractivity contribution is 6.33. The van der Waals surface area contributed by atoms with Gasteiger partial charge in [0.1, 0.15) is 18.3 Å². The lowest BCUT2D eigenvalue weighted by Crippen LogP contribution is -2.54. The molecule has 1 unspecified atom stereocenters. The number of halogens is 4. The second kappa shape index (κ2) is 17.6. The zero-order chi connectivity index (χ0) is 46.6. The summed E-state index contributed by atoms with van der Waals surface area (Å²) in [7, 11) is 0. The van der Waals surface area contributed by atoms with Crippen LogP contribution in [-0.2, 0) is 43.1 Å². The summed E-state index contributed by atoms with van der Waals surface area (Å²) in [5.41, 5.74) is 0.982. The van der Waals surface area contributed by atoms with Gasteiger partial charge < -0.3 is 29.3 Å².